The molecular weight excluding hydrogens is 410 g/mol. The van der Waals surface area contributed by atoms with Crippen LogP contribution in [0.2, 0.25) is 0 Å². The Balaban J connectivity index is 1.50. The minimum absolute atomic E-state index is 0.0537. The number of pyridine rings is 1. The molecule has 9 heteroatoms. The Kier molecular flexibility index (Phi) is 6.44. The van der Waals surface area contributed by atoms with Gasteiger partial charge in [-0.05, 0) is 43.5 Å². The second-order valence-electron chi connectivity index (χ2n) is 7.79. The number of hydrogen-bond donors (Lipinski definition) is 0. The quantitative estimate of drug-likeness (QED) is 0.587. The van der Waals surface area contributed by atoms with Crippen molar-refractivity contribution in [2.24, 2.45) is 0 Å². The molecule has 0 bridgehead atoms. The third-order valence-corrected chi connectivity index (χ3v) is 5.30. The van der Waals surface area contributed by atoms with E-state index in [1.807, 2.05) is 30.3 Å². The summed E-state index contributed by atoms with van der Waals surface area (Å²) in [6, 6.07) is 12.3. The lowest BCUT2D eigenvalue weighted by Crippen LogP contribution is -2.41. The summed E-state index contributed by atoms with van der Waals surface area (Å²) in [5, 5.41) is 4.09. The van der Waals surface area contributed by atoms with E-state index in [2.05, 4.69) is 15.1 Å². The fourth-order valence-corrected chi connectivity index (χ4v) is 3.64. The SMILES string of the molecule is CN(C)C(=O)c1cc(-c2noc([C@H]3CCCCN3C(=O)COc3ccccc3)n2)ccn1. The van der Waals surface area contributed by atoms with Gasteiger partial charge in [0.1, 0.15) is 17.5 Å². The molecule has 166 valence electrons. The van der Waals surface area contributed by atoms with Gasteiger partial charge in [-0.3, -0.25) is 14.6 Å². The van der Waals surface area contributed by atoms with Gasteiger partial charge in [0.25, 0.3) is 11.8 Å². The van der Waals surface area contributed by atoms with E-state index < -0.39 is 0 Å². The highest BCUT2D eigenvalue weighted by molar-refractivity contribution is 5.92. The predicted octanol–water partition coefficient (Wildman–Crippen LogP) is 2.97. The molecule has 32 heavy (non-hydrogen) atoms. The van der Waals surface area contributed by atoms with Crippen molar-refractivity contribution in [1.29, 1.82) is 0 Å². The number of nitrogens with zero attached hydrogens (tertiary/aromatic N) is 5. The fraction of sp³-hybridized carbons (Fsp3) is 0.348. The van der Waals surface area contributed by atoms with Gasteiger partial charge >= 0.3 is 0 Å². The molecule has 1 saturated heterocycles. The zero-order chi connectivity index (χ0) is 22.5. The summed E-state index contributed by atoms with van der Waals surface area (Å²) >= 11 is 0. The molecule has 4 rings (SSSR count). The van der Waals surface area contributed by atoms with Gasteiger partial charge in [-0.2, -0.15) is 4.98 Å². The molecular formula is C23H25N5O4. The molecule has 1 atom stereocenters. The Morgan fingerprint density at radius 1 is 1.19 bits per heavy atom. The molecule has 0 spiro atoms. The van der Waals surface area contributed by atoms with Crippen LogP contribution in [0.3, 0.4) is 0 Å². The summed E-state index contributed by atoms with van der Waals surface area (Å²) in [6.45, 7) is 0.554. The van der Waals surface area contributed by atoms with E-state index in [0.717, 1.165) is 19.3 Å². The average Bonchev–Trinajstić information content (AvgIpc) is 3.33. The lowest BCUT2D eigenvalue weighted by molar-refractivity contribution is -0.138. The first-order valence-corrected chi connectivity index (χ1v) is 10.5. The Labute approximate surface area is 186 Å². The zero-order valence-corrected chi connectivity index (χ0v) is 18.1. The monoisotopic (exact) mass is 435 g/mol. The number of likely N-dealkylation sites (tertiary alicyclic amines) is 1. The average molecular weight is 435 g/mol. The minimum Gasteiger partial charge on any atom is -0.484 e. The van der Waals surface area contributed by atoms with Crippen molar-refractivity contribution >= 4 is 11.8 Å². The van der Waals surface area contributed by atoms with Crippen molar-refractivity contribution < 1.29 is 18.8 Å². The van der Waals surface area contributed by atoms with Crippen molar-refractivity contribution in [2.75, 3.05) is 27.2 Å². The zero-order valence-electron chi connectivity index (χ0n) is 18.1. The first-order chi connectivity index (χ1) is 15.5. The molecule has 1 fully saturated rings. The van der Waals surface area contributed by atoms with Gasteiger partial charge < -0.3 is 19.1 Å². The molecule has 3 aromatic rings. The largest absolute Gasteiger partial charge is 0.484 e. The van der Waals surface area contributed by atoms with Crippen LogP contribution in [0.5, 0.6) is 5.75 Å². The van der Waals surface area contributed by atoms with Gasteiger partial charge in [0.15, 0.2) is 6.61 Å². The smallest absolute Gasteiger partial charge is 0.271 e. The minimum atomic E-state index is -0.304. The molecule has 1 aliphatic heterocycles. The van der Waals surface area contributed by atoms with Crippen molar-refractivity contribution in [1.82, 2.24) is 24.9 Å². The lowest BCUT2D eigenvalue weighted by atomic mass is 10.0. The van der Waals surface area contributed by atoms with E-state index in [9.17, 15) is 9.59 Å². The van der Waals surface area contributed by atoms with Crippen molar-refractivity contribution in [3.05, 3.63) is 60.2 Å². The summed E-state index contributed by atoms with van der Waals surface area (Å²) in [5.41, 5.74) is 0.924. The molecule has 0 unspecified atom stereocenters. The summed E-state index contributed by atoms with van der Waals surface area (Å²) < 4.78 is 11.2. The van der Waals surface area contributed by atoms with Crippen LogP contribution in [0.15, 0.2) is 53.2 Å². The number of para-hydroxylation sites is 1. The third kappa shape index (κ3) is 4.77. The summed E-state index contributed by atoms with van der Waals surface area (Å²) in [7, 11) is 3.33. The Bertz CT molecular complexity index is 1080. The van der Waals surface area contributed by atoms with E-state index in [4.69, 9.17) is 9.26 Å². The highest BCUT2D eigenvalue weighted by Crippen LogP contribution is 2.31. The maximum absolute atomic E-state index is 12.9. The fourth-order valence-electron chi connectivity index (χ4n) is 3.64. The molecule has 0 radical (unpaired) electrons. The van der Waals surface area contributed by atoms with Gasteiger partial charge in [0, 0.05) is 32.4 Å². The summed E-state index contributed by atoms with van der Waals surface area (Å²) in [5.74, 6) is 1.05. The topological polar surface area (TPSA) is 102 Å². The molecule has 9 nitrogen and oxygen atoms in total. The molecule has 3 heterocycles. The maximum Gasteiger partial charge on any atom is 0.271 e. The first kappa shape index (κ1) is 21.5. The van der Waals surface area contributed by atoms with E-state index in [-0.39, 0.29) is 24.5 Å². The van der Waals surface area contributed by atoms with Crippen molar-refractivity contribution in [2.45, 2.75) is 25.3 Å². The number of rotatable bonds is 6. The number of carbonyl (C=O) groups excluding carboxylic acids is 2. The highest BCUT2D eigenvalue weighted by atomic mass is 16.5. The maximum atomic E-state index is 12.9. The van der Waals surface area contributed by atoms with Crippen LogP contribution >= 0.6 is 0 Å². The first-order valence-electron chi connectivity index (χ1n) is 10.5. The summed E-state index contributed by atoms with van der Waals surface area (Å²) in [4.78, 5) is 36.9. The molecule has 0 saturated carbocycles. The molecule has 2 aromatic heterocycles. The van der Waals surface area contributed by atoms with Crippen LogP contribution < -0.4 is 4.74 Å². The molecule has 0 N–H and O–H groups in total. The highest BCUT2D eigenvalue weighted by Gasteiger charge is 2.32. The van der Waals surface area contributed by atoms with E-state index in [1.165, 1.54) is 4.90 Å². The Morgan fingerprint density at radius 2 is 2.00 bits per heavy atom. The van der Waals surface area contributed by atoms with Crippen LogP contribution in [-0.2, 0) is 4.79 Å². The molecule has 1 aromatic carbocycles. The number of piperidine rings is 1. The molecule has 1 aliphatic rings. The van der Waals surface area contributed by atoms with Crippen LogP contribution in [0.1, 0.15) is 41.7 Å². The standard InChI is InChI=1S/C23H25N5O4/c1-27(2)23(30)18-14-16(11-12-24-18)21-25-22(32-26-21)19-10-6-7-13-28(19)20(29)15-31-17-8-4-3-5-9-17/h3-5,8-9,11-12,14,19H,6-7,10,13,15H2,1-2H3/t19-/m1/s1. The number of benzene rings is 1. The van der Waals surface area contributed by atoms with Gasteiger partial charge in [-0.25, -0.2) is 0 Å². The van der Waals surface area contributed by atoms with E-state index >= 15 is 0 Å². The van der Waals surface area contributed by atoms with E-state index in [1.54, 1.807) is 37.3 Å². The normalized spacial score (nSPS) is 15.9. The summed E-state index contributed by atoms with van der Waals surface area (Å²) in [6.07, 6.45) is 4.15. The van der Waals surface area contributed by atoms with Crippen molar-refractivity contribution in [3.63, 3.8) is 0 Å². The number of amides is 2. The van der Waals surface area contributed by atoms with Crippen LogP contribution in [-0.4, -0.2) is 64.0 Å². The lowest BCUT2D eigenvalue weighted by Gasteiger charge is -2.33. The number of carbonyl (C=O) groups is 2. The van der Waals surface area contributed by atoms with Gasteiger partial charge in [0.2, 0.25) is 11.7 Å². The second-order valence-corrected chi connectivity index (χ2v) is 7.79. The Hall–Kier alpha value is -3.75. The van der Waals surface area contributed by atoms with Crippen molar-refractivity contribution in [3.8, 4) is 17.1 Å². The number of aromatic nitrogens is 3. The second kappa shape index (κ2) is 9.59. The third-order valence-electron chi connectivity index (χ3n) is 5.30. The Morgan fingerprint density at radius 3 is 2.78 bits per heavy atom. The van der Waals surface area contributed by atoms with Crippen LogP contribution in [0, 0.1) is 0 Å². The van der Waals surface area contributed by atoms with Crippen LogP contribution in [0.25, 0.3) is 11.4 Å². The molecule has 2 amide bonds. The number of hydrogen-bond acceptors (Lipinski definition) is 7. The van der Waals surface area contributed by atoms with Crippen LogP contribution in [0.4, 0.5) is 0 Å². The predicted molar refractivity (Wildman–Crippen MR) is 116 cm³/mol. The van der Waals surface area contributed by atoms with E-state index in [0.29, 0.717) is 35.3 Å². The van der Waals surface area contributed by atoms with Gasteiger partial charge in [-0.1, -0.05) is 23.4 Å². The number of ether oxygens (including phenoxy) is 1. The van der Waals surface area contributed by atoms with Gasteiger partial charge in [-0.15, -0.1) is 0 Å². The van der Waals surface area contributed by atoms with Gasteiger partial charge in [0.05, 0.1) is 0 Å². The molecule has 0 aliphatic carbocycles.